The molecule has 13 heteroatoms. The highest BCUT2D eigenvalue weighted by Crippen LogP contribution is 2.35. The lowest BCUT2D eigenvalue weighted by Gasteiger charge is -2.55. The summed E-state index contributed by atoms with van der Waals surface area (Å²) in [5.41, 5.74) is 4.88. The molecule has 3 N–H and O–H groups in total. The van der Waals surface area contributed by atoms with E-state index in [1.165, 1.54) is 0 Å². The number of hydrogen-bond acceptors (Lipinski definition) is 9. The molecule has 0 radical (unpaired) electrons. The summed E-state index contributed by atoms with van der Waals surface area (Å²) in [5.74, 6) is -1.69. The molecule has 194 valence electrons. The zero-order valence-corrected chi connectivity index (χ0v) is 20.6. The van der Waals surface area contributed by atoms with Crippen LogP contribution in [0, 0.1) is 17.7 Å². The number of morpholine rings is 1. The van der Waals surface area contributed by atoms with Crippen molar-refractivity contribution >= 4 is 35.6 Å². The summed E-state index contributed by atoms with van der Waals surface area (Å²) < 4.78 is 20.7. The summed E-state index contributed by atoms with van der Waals surface area (Å²) in [4.78, 5) is 35.8. The molecular weight excluding hydrogens is 481 g/mol. The molecule has 0 spiro atoms. The van der Waals surface area contributed by atoms with Crippen LogP contribution in [0.15, 0.2) is 0 Å². The zero-order chi connectivity index (χ0) is 25.0. The van der Waals surface area contributed by atoms with E-state index in [2.05, 4.69) is 32.6 Å². The Hall–Kier alpha value is -2.28. The molecule has 1 aromatic heterocycles. The average Bonchev–Trinajstić information content (AvgIpc) is 3.35. The Labute approximate surface area is 208 Å². The Morgan fingerprint density at radius 3 is 2.69 bits per heavy atom. The van der Waals surface area contributed by atoms with Crippen molar-refractivity contribution in [1.29, 1.82) is 0 Å². The van der Waals surface area contributed by atoms with Gasteiger partial charge in [0, 0.05) is 26.2 Å². The van der Waals surface area contributed by atoms with Gasteiger partial charge in [0.25, 0.3) is 0 Å². The summed E-state index contributed by atoms with van der Waals surface area (Å²) in [6.45, 7) is 6.14. The summed E-state index contributed by atoms with van der Waals surface area (Å²) in [6.07, 6.45) is 4.98. The highest BCUT2D eigenvalue weighted by atomic mass is 35.5. The van der Waals surface area contributed by atoms with Gasteiger partial charge in [-0.2, -0.15) is 14.4 Å². The van der Waals surface area contributed by atoms with Crippen LogP contribution in [0.3, 0.4) is 0 Å². The molecule has 0 bridgehead atoms. The molecule has 3 fully saturated rings. The maximum atomic E-state index is 15.3. The monoisotopic (exact) mass is 513 g/mol. The van der Waals surface area contributed by atoms with E-state index in [4.69, 9.17) is 16.3 Å². The van der Waals surface area contributed by atoms with E-state index in [9.17, 15) is 14.8 Å². The molecule has 3 heterocycles. The third-order valence-electron chi connectivity index (χ3n) is 7.24. The minimum atomic E-state index is -0.720. The van der Waals surface area contributed by atoms with Crippen molar-refractivity contribution in [1.82, 2.24) is 25.4 Å². The van der Waals surface area contributed by atoms with Crippen molar-refractivity contribution in [3.63, 3.8) is 0 Å². The van der Waals surface area contributed by atoms with Crippen molar-refractivity contribution in [2.75, 3.05) is 56.3 Å². The lowest BCUT2D eigenvalue weighted by atomic mass is 9.89. The second-order valence-corrected chi connectivity index (χ2v) is 10.2. The van der Waals surface area contributed by atoms with Crippen LogP contribution in [0.5, 0.6) is 0 Å². The van der Waals surface area contributed by atoms with E-state index in [0.717, 1.165) is 38.8 Å². The fraction of sp³-hybridized carbons (Fsp3) is 0.727. The summed E-state index contributed by atoms with van der Waals surface area (Å²) in [5, 5.41) is 9.94. The smallest absolute Gasteiger partial charge is 0.243 e. The van der Waals surface area contributed by atoms with Crippen LogP contribution in [0.1, 0.15) is 39.0 Å². The topological polar surface area (TPSA) is 123 Å². The lowest BCUT2D eigenvalue weighted by molar-refractivity contribution is -0.154. The van der Waals surface area contributed by atoms with E-state index >= 15 is 4.39 Å². The van der Waals surface area contributed by atoms with Crippen LogP contribution in [-0.4, -0.2) is 88.9 Å². The first-order valence-corrected chi connectivity index (χ1v) is 12.4. The van der Waals surface area contributed by atoms with Gasteiger partial charge in [-0.1, -0.05) is 25.7 Å². The van der Waals surface area contributed by atoms with Crippen molar-refractivity contribution < 1.29 is 23.9 Å². The van der Waals surface area contributed by atoms with Crippen molar-refractivity contribution in [3.05, 3.63) is 11.1 Å². The molecule has 1 atom stereocenters. The normalized spacial score (nSPS) is 21.3. The van der Waals surface area contributed by atoms with Crippen LogP contribution >= 0.6 is 11.6 Å². The number of hydrazine groups is 1. The number of nitrogens with one attached hydrogen (secondary N) is 2. The molecule has 2 saturated heterocycles. The summed E-state index contributed by atoms with van der Waals surface area (Å²) in [7, 11) is 0. The Balaban J connectivity index is 1.39. The number of carbonyl (C=O) groups excluding carboxylic acids is 2. The Bertz CT molecular complexity index is 908. The maximum absolute atomic E-state index is 15.3. The van der Waals surface area contributed by atoms with Gasteiger partial charge in [-0.25, -0.2) is 5.06 Å². The highest BCUT2D eigenvalue weighted by molar-refractivity contribution is 6.28. The number of rotatable bonds is 10. The first kappa shape index (κ1) is 25.8. The van der Waals surface area contributed by atoms with Gasteiger partial charge in [-0.05, 0) is 30.9 Å². The van der Waals surface area contributed by atoms with Crippen LogP contribution in [0.4, 0.5) is 16.0 Å². The fourth-order valence-electron chi connectivity index (χ4n) is 5.33. The third kappa shape index (κ3) is 6.11. The molecule has 11 nitrogen and oxygen atoms in total. The first-order chi connectivity index (χ1) is 16.8. The quantitative estimate of drug-likeness (QED) is 0.185. The van der Waals surface area contributed by atoms with Gasteiger partial charge in [-0.15, -0.1) is 0 Å². The molecule has 0 unspecified atom stereocenters. The van der Waals surface area contributed by atoms with E-state index in [0.29, 0.717) is 43.7 Å². The van der Waals surface area contributed by atoms with Gasteiger partial charge >= 0.3 is 0 Å². The fourth-order valence-corrected chi connectivity index (χ4v) is 5.50. The Kier molecular flexibility index (Phi) is 8.25. The molecular formula is C22H33ClFN7O4. The molecule has 0 aromatic carbocycles. The SMILES string of the molecule is CC1(N2CCOCC2)CN(c2nc(Cl)nc(NNC(=O)[C@H](CC3CCCC3)CN(O)C=O)c2F)C1. The number of ether oxygens (including phenoxy) is 1. The maximum Gasteiger partial charge on any atom is 0.243 e. The number of anilines is 2. The second kappa shape index (κ2) is 11.2. The van der Waals surface area contributed by atoms with Crippen molar-refractivity contribution in [3.8, 4) is 0 Å². The molecule has 1 aromatic rings. The predicted molar refractivity (Wildman–Crippen MR) is 126 cm³/mol. The molecule has 4 rings (SSSR count). The molecule has 3 aliphatic rings. The number of aromatic nitrogens is 2. The van der Waals surface area contributed by atoms with E-state index in [1.807, 2.05) is 0 Å². The number of nitrogens with zero attached hydrogens (tertiary/aromatic N) is 5. The molecule has 2 amide bonds. The number of halogens is 2. The second-order valence-electron chi connectivity index (χ2n) is 9.86. The molecule has 35 heavy (non-hydrogen) atoms. The minimum Gasteiger partial charge on any atom is -0.379 e. The third-order valence-corrected chi connectivity index (χ3v) is 7.41. The highest BCUT2D eigenvalue weighted by Gasteiger charge is 2.45. The van der Waals surface area contributed by atoms with Crippen molar-refractivity contribution in [2.24, 2.45) is 11.8 Å². The van der Waals surface area contributed by atoms with E-state index in [1.54, 1.807) is 4.90 Å². The van der Waals surface area contributed by atoms with Crippen LogP contribution in [-0.2, 0) is 14.3 Å². The van der Waals surface area contributed by atoms with E-state index < -0.39 is 17.6 Å². The number of amides is 2. The standard InChI is InChI=1S/C22H33ClFN7O4/c1-22(30-6-8-35-9-7-30)12-29(13-22)19-17(24)18(25-21(23)26-19)27-28-20(33)16(11-31(34)14-32)10-15-4-2-3-5-15/h14-16,34H,2-13H2,1H3,(H,28,33)(H,25,26,27)/t16-/m1/s1. The molecule has 2 aliphatic heterocycles. The Morgan fingerprint density at radius 2 is 2.03 bits per heavy atom. The Morgan fingerprint density at radius 1 is 1.34 bits per heavy atom. The zero-order valence-electron chi connectivity index (χ0n) is 19.9. The summed E-state index contributed by atoms with van der Waals surface area (Å²) >= 11 is 6.07. The number of carbonyl (C=O) groups is 2. The van der Waals surface area contributed by atoms with Crippen LogP contribution < -0.4 is 15.8 Å². The van der Waals surface area contributed by atoms with Crippen LogP contribution in [0.25, 0.3) is 0 Å². The number of hydroxylamine groups is 2. The van der Waals surface area contributed by atoms with Gasteiger partial charge in [0.15, 0.2) is 11.6 Å². The molecule has 1 saturated carbocycles. The first-order valence-electron chi connectivity index (χ1n) is 12.1. The predicted octanol–water partition coefficient (Wildman–Crippen LogP) is 1.67. The molecule has 1 aliphatic carbocycles. The van der Waals surface area contributed by atoms with Gasteiger partial charge in [0.1, 0.15) is 0 Å². The largest absolute Gasteiger partial charge is 0.379 e. The minimum absolute atomic E-state index is 0.0671. The van der Waals surface area contributed by atoms with Gasteiger partial charge in [0.2, 0.25) is 23.4 Å². The van der Waals surface area contributed by atoms with Crippen molar-refractivity contribution in [2.45, 2.75) is 44.6 Å². The van der Waals surface area contributed by atoms with Gasteiger partial charge in [-0.3, -0.25) is 30.5 Å². The summed E-state index contributed by atoms with van der Waals surface area (Å²) in [6, 6.07) is 0. The lowest BCUT2D eigenvalue weighted by Crippen LogP contribution is -2.70. The van der Waals surface area contributed by atoms with E-state index in [-0.39, 0.29) is 35.4 Å². The average molecular weight is 514 g/mol. The van der Waals surface area contributed by atoms with Crippen LogP contribution in [0.2, 0.25) is 5.28 Å². The van der Waals surface area contributed by atoms with Gasteiger partial charge < -0.3 is 9.64 Å². The number of hydrogen-bond donors (Lipinski definition) is 3. The van der Waals surface area contributed by atoms with Gasteiger partial charge in [0.05, 0.1) is 31.2 Å².